The van der Waals surface area contributed by atoms with Gasteiger partial charge in [0.1, 0.15) is 34.1 Å². The molecular weight excluding hydrogens is 374 g/mol. The highest BCUT2D eigenvalue weighted by atomic mass is 35.5. The van der Waals surface area contributed by atoms with E-state index in [1.165, 1.54) is 17.4 Å². The van der Waals surface area contributed by atoms with Crippen LogP contribution in [0, 0.1) is 11.6 Å². The van der Waals surface area contributed by atoms with Gasteiger partial charge in [-0.05, 0) is 18.6 Å². The second kappa shape index (κ2) is 7.85. The van der Waals surface area contributed by atoms with Crippen molar-refractivity contribution >= 4 is 41.2 Å². The zero-order valence-corrected chi connectivity index (χ0v) is 14.5. The Morgan fingerprint density at radius 3 is 2.68 bits per heavy atom. The number of nitrogens with two attached hydrogens (primary N) is 1. The van der Waals surface area contributed by atoms with E-state index in [0.29, 0.717) is 5.01 Å². The molecule has 25 heavy (non-hydrogen) atoms. The number of nitrogens with zero attached hydrogens (tertiary/aromatic N) is 2. The number of carbonyl (C=O) groups excluding carboxylic acids is 2. The molecule has 0 spiro atoms. The van der Waals surface area contributed by atoms with Crippen LogP contribution in [0.1, 0.15) is 21.9 Å². The fraction of sp³-hybridized carbons (Fsp3) is 0.267. The molecule has 1 aliphatic rings. The summed E-state index contributed by atoms with van der Waals surface area (Å²) in [5.41, 5.74) is 5.22. The van der Waals surface area contributed by atoms with Crippen molar-refractivity contribution < 1.29 is 18.4 Å². The number of hydrogen-bond donors (Lipinski definition) is 2. The predicted octanol–water partition coefficient (Wildman–Crippen LogP) is 1.84. The molecule has 0 saturated carbocycles. The minimum absolute atomic E-state index is 0. The average Bonchev–Trinajstić information content (AvgIpc) is 3.16. The molecule has 2 aromatic rings. The monoisotopic (exact) mass is 388 g/mol. The maximum absolute atomic E-state index is 13.8. The number of thiazole rings is 1. The Hall–Kier alpha value is -2.10. The van der Waals surface area contributed by atoms with E-state index in [1.54, 1.807) is 5.38 Å². The molecule has 2 amide bonds. The largest absolute Gasteiger partial charge is 0.339 e. The van der Waals surface area contributed by atoms with Crippen molar-refractivity contribution in [3.05, 3.63) is 45.9 Å². The number of hydrogen-bond acceptors (Lipinski definition) is 5. The zero-order valence-electron chi connectivity index (χ0n) is 12.9. The molecule has 1 aliphatic heterocycles. The number of aromatic nitrogens is 1. The third-order valence-corrected chi connectivity index (χ3v) is 4.55. The summed E-state index contributed by atoms with van der Waals surface area (Å²) < 4.78 is 27.7. The highest BCUT2D eigenvalue weighted by Gasteiger charge is 2.36. The van der Waals surface area contributed by atoms with Gasteiger partial charge in [-0.2, -0.15) is 0 Å². The summed E-state index contributed by atoms with van der Waals surface area (Å²) in [5, 5.41) is 4.70. The van der Waals surface area contributed by atoms with E-state index in [0.717, 1.165) is 17.0 Å². The van der Waals surface area contributed by atoms with Crippen molar-refractivity contribution in [2.24, 2.45) is 5.73 Å². The summed E-state index contributed by atoms with van der Waals surface area (Å²) in [6.07, 6.45) is 0.256. The third-order valence-electron chi connectivity index (χ3n) is 3.68. The summed E-state index contributed by atoms with van der Waals surface area (Å²) in [6, 6.07) is 2.55. The number of nitrogens with one attached hydrogen (secondary N) is 1. The Bertz CT molecular complexity index is 781. The van der Waals surface area contributed by atoms with E-state index in [-0.39, 0.29) is 37.6 Å². The van der Waals surface area contributed by atoms with Crippen LogP contribution in [0.2, 0.25) is 0 Å². The van der Waals surface area contributed by atoms with Crippen molar-refractivity contribution in [1.82, 2.24) is 10.3 Å². The molecule has 6 nitrogen and oxygen atoms in total. The summed E-state index contributed by atoms with van der Waals surface area (Å²) >= 11 is 1.25. The van der Waals surface area contributed by atoms with Gasteiger partial charge in [0, 0.05) is 18.5 Å². The molecule has 0 bridgehead atoms. The molecule has 3 N–H and O–H groups in total. The predicted molar refractivity (Wildman–Crippen MR) is 91.8 cm³/mol. The van der Waals surface area contributed by atoms with Gasteiger partial charge >= 0.3 is 0 Å². The zero-order chi connectivity index (χ0) is 17.3. The molecule has 134 valence electrons. The van der Waals surface area contributed by atoms with Crippen molar-refractivity contribution in [3.8, 4) is 0 Å². The minimum atomic E-state index is -0.848. The second-order valence-electron chi connectivity index (χ2n) is 5.21. The third kappa shape index (κ3) is 3.78. The van der Waals surface area contributed by atoms with Crippen molar-refractivity contribution in [2.75, 3.05) is 11.4 Å². The molecule has 1 aromatic carbocycles. The van der Waals surface area contributed by atoms with Gasteiger partial charge in [-0.3, -0.25) is 9.59 Å². The highest BCUT2D eigenvalue weighted by molar-refractivity contribution is 7.09. The molecule has 2 heterocycles. The maximum atomic E-state index is 13.8. The summed E-state index contributed by atoms with van der Waals surface area (Å²) in [5.74, 6) is -2.70. The quantitative estimate of drug-likeness (QED) is 0.836. The first-order valence-corrected chi connectivity index (χ1v) is 8.10. The average molecular weight is 389 g/mol. The molecular formula is C15H15ClF2N4O2S. The lowest BCUT2D eigenvalue weighted by molar-refractivity contribution is -0.118. The molecule has 1 saturated heterocycles. The lowest BCUT2D eigenvalue weighted by Gasteiger charge is -2.18. The standard InChI is InChI=1S/C15H14F2N4O2S.ClH/c16-8-2-1-3-9(17)13(8)21-5-4-10(15(21)23)20-14(22)11-7-24-12(6-18)19-11;/h1-3,7,10H,4-6,18H2,(H,20,22);1H. The molecule has 1 unspecified atom stereocenters. The van der Waals surface area contributed by atoms with Crippen LogP contribution in [0.5, 0.6) is 0 Å². The van der Waals surface area contributed by atoms with Gasteiger partial charge in [-0.15, -0.1) is 23.7 Å². The van der Waals surface area contributed by atoms with Crippen molar-refractivity contribution in [2.45, 2.75) is 19.0 Å². The fourth-order valence-electron chi connectivity index (χ4n) is 2.52. The van der Waals surface area contributed by atoms with Crippen molar-refractivity contribution in [1.29, 1.82) is 0 Å². The first-order chi connectivity index (χ1) is 11.5. The van der Waals surface area contributed by atoms with Gasteiger partial charge in [0.2, 0.25) is 5.91 Å². The summed E-state index contributed by atoms with van der Waals surface area (Å²) in [6.45, 7) is 0.341. The molecule has 0 aliphatic carbocycles. The van der Waals surface area contributed by atoms with Crippen LogP contribution in [0.25, 0.3) is 0 Å². The Morgan fingerprint density at radius 2 is 2.08 bits per heavy atom. The van der Waals surface area contributed by atoms with Crippen LogP contribution in [0.4, 0.5) is 14.5 Å². The Morgan fingerprint density at radius 1 is 1.40 bits per heavy atom. The molecule has 0 radical (unpaired) electrons. The lowest BCUT2D eigenvalue weighted by atomic mass is 10.2. The van der Waals surface area contributed by atoms with Gasteiger partial charge in [-0.25, -0.2) is 13.8 Å². The SMILES string of the molecule is Cl.NCc1nc(C(=O)NC2CCN(c3c(F)cccc3F)C2=O)cs1. The first kappa shape index (κ1) is 19.2. The van der Waals surface area contributed by atoms with E-state index >= 15 is 0 Å². The lowest BCUT2D eigenvalue weighted by Crippen LogP contribution is -2.42. The number of rotatable bonds is 4. The van der Waals surface area contributed by atoms with Gasteiger partial charge < -0.3 is 16.0 Å². The maximum Gasteiger partial charge on any atom is 0.271 e. The number of benzene rings is 1. The van der Waals surface area contributed by atoms with Gasteiger partial charge in [0.15, 0.2) is 0 Å². The van der Waals surface area contributed by atoms with E-state index in [4.69, 9.17) is 5.73 Å². The van der Waals surface area contributed by atoms with Crippen LogP contribution in [0.15, 0.2) is 23.6 Å². The normalized spacial score (nSPS) is 16.7. The minimum Gasteiger partial charge on any atom is -0.339 e. The molecule has 1 atom stereocenters. The van der Waals surface area contributed by atoms with E-state index in [9.17, 15) is 18.4 Å². The topological polar surface area (TPSA) is 88.3 Å². The Kier molecular flexibility index (Phi) is 6.04. The van der Waals surface area contributed by atoms with Crippen LogP contribution < -0.4 is 16.0 Å². The van der Waals surface area contributed by atoms with Gasteiger partial charge in [0.05, 0.1) is 0 Å². The Labute approximate surface area is 152 Å². The summed E-state index contributed by atoms with van der Waals surface area (Å²) in [4.78, 5) is 29.6. The number of halogens is 3. The van der Waals surface area contributed by atoms with Crippen LogP contribution in [-0.4, -0.2) is 29.4 Å². The van der Waals surface area contributed by atoms with E-state index in [2.05, 4.69) is 10.3 Å². The fourth-order valence-corrected chi connectivity index (χ4v) is 3.18. The highest BCUT2D eigenvalue weighted by Crippen LogP contribution is 2.27. The molecule has 3 rings (SSSR count). The van der Waals surface area contributed by atoms with E-state index < -0.39 is 35.2 Å². The number of carbonyl (C=O) groups is 2. The van der Waals surface area contributed by atoms with Gasteiger partial charge in [-0.1, -0.05) is 6.07 Å². The Balaban J connectivity index is 0.00000225. The molecule has 1 aromatic heterocycles. The van der Waals surface area contributed by atoms with Gasteiger partial charge in [0.25, 0.3) is 5.91 Å². The van der Waals surface area contributed by atoms with Crippen LogP contribution in [-0.2, 0) is 11.3 Å². The second-order valence-corrected chi connectivity index (χ2v) is 6.15. The van der Waals surface area contributed by atoms with Crippen LogP contribution in [0.3, 0.4) is 0 Å². The smallest absolute Gasteiger partial charge is 0.271 e. The number of amides is 2. The van der Waals surface area contributed by atoms with Crippen molar-refractivity contribution in [3.63, 3.8) is 0 Å². The number of para-hydroxylation sites is 1. The first-order valence-electron chi connectivity index (χ1n) is 7.22. The van der Waals surface area contributed by atoms with E-state index in [1.807, 2.05) is 0 Å². The summed E-state index contributed by atoms with van der Waals surface area (Å²) in [7, 11) is 0. The molecule has 1 fully saturated rings. The van der Waals surface area contributed by atoms with Crippen LogP contribution >= 0.6 is 23.7 Å². The number of anilines is 1. The molecule has 10 heteroatoms.